The maximum absolute atomic E-state index is 12.1. The van der Waals surface area contributed by atoms with Crippen molar-refractivity contribution in [1.29, 1.82) is 0 Å². The van der Waals surface area contributed by atoms with Crippen LogP contribution in [-0.4, -0.2) is 54.9 Å². The summed E-state index contributed by atoms with van der Waals surface area (Å²) in [7, 11) is 0. The normalized spacial score (nSPS) is 18.9. The zero-order chi connectivity index (χ0) is 14.4. The molecule has 1 aromatic rings. The van der Waals surface area contributed by atoms with Crippen molar-refractivity contribution in [2.24, 2.45) is 0 Å². The molecule has 1 heterocycles. The van der Waals surface area contributed by atoms with E-state index in [1.807, 2.05) is 24.3 Å². The summed E-state index contributed by atoms with van der Waals surface area (Å²) in [6, 6.07) is 7.46. The van der Waals surface area contributed by atoms with E-state index in [0.29, 0.717) is 25.5 Å². The number of carbonyl (C=O) groups excluding carboxylic acids is 1. The topological polar surface area (TPSA) is 59.0 Å². The third-order valence-electron chi connectivity index (χ3n) is 3.45. The fourth-order valence-corrected chi connectivity index (χ4v) is 2.18. The van der Waals surface area contributed by atoms with E-state index < -0.39 is 0 Å². The van der Waals surface area contributed by atoms with Crippen LogP contribution in [-0.2, 0) is 16.0 Å². The first-order chi connectivity index (χ1) is 9.74. The molecule has 1 fully saturated rings. The second kappa shape index (κ2) is 7.26. The number of amides is 1. The van der Waals surface area contributed by atoms with Crippen LogP contribution in [0.2, 0.25) is 0 Å². The van der Waals surface area contributed by atoms with Crippen LogP contribution >= 0.6 is 0 Å². The van der Waals surface area contributed by atoms with Crippen molar-refractivity contribution in [1.82, 2.24) is 4.90 Å². The zero-order valence-electron chi connectivity index (χ0n) is 11.7. The number of benzene rings is 1. The number of carbonyl (C=O) groups is 1. The van der Waals surface area contributed by atoms with Gasteiger partial charge in [-0.05, 0) is 24.1 Å². The molecule has 1 atom stereocenters. The molecule has 0 radical (unpaired) electrons. The largest absolute Gasteiger partial charge is 0.484 e. The molecule has 1 N–H and O–H groups in total. The molecule has 0 spiro atoms. The third-order valence-corrected chi connectivity index (χ3v) is 3.45. The van der Waals surface area contributed by atoms with Crippen LogP contribution in [0.1, 0.15) is 12.5 Å². The van der Waals surface area contributed by atoms with E-state index in [2.05, 4.69) is 6.92 Å². The first-order valence-corrected chi connectivity index (χ1v) is 6.94. The van der Waals surface area contributed by atoms with Gasteiger partial charge in [0, 0.05) is 6.54 Å². The number of hydrogen-bond acceptors (Lipinski definition) is 4. The minimum absolute atomic E-state index is 0.0119. The maximum Gasteiger partial charge on any atom is 0.260 e. The molecular weight excluding hydrogens is 258 g/mol. The summed E-state index contributed by atoms with van der Waals surface area (Å²) >= 11 is 0. The first-order valence-electron chi connectivity index (χ1n) is 6.94. The van der Waals surface area contributed by atoms with Gasteiger partial charge in [0.25, 0.3) is 5.91 Å². The number of morpholine rings is 1. The van der Waals surface area contributed by atoms with E-state index in [4.69, 9.17) is 9.47 Å². The fourth-order valence-electron chi connectivity index (χ4n) is 2.18. The lowest BCUT2D eigenvalue weighted by molar-refractivity contribution is -0.143. The Kier molecular flexibility index (Phi) is 5.38. The van der Waals surface area contributed by atoms with Gasteiger partial charge in [0.1, 0.15) is 5.75 Å². The van der Waals surface area contributed by atoms with Gasteiger partial charge in [0.15, 0.2) is 6.61 Å². The number of nitrogens with zero attached hydrogens (tertiary/aromatic N) is 1. The predicted octanol–water partition coefficient (Wildman–Crippen LogP) is 0.847. The third kappa shape index (κ3) is 3.71. The lowest BCUT2D eigenvalue weighted by Gasteiger charge is -2.34. The van der Waals surface area contributed by atoms with Gasteiger partial charge in [-0.15, -0.1) is 0 Å². The Hall–Kier alpha value is -1.59. The minimum Gasteiger partial charge on any atom is -0.484 e. The van der Waals surface area contributed by atoms with E-state index in [1.54, 1.807) is 4.90 Å². The highest BCUT2D eigenvalue weighted by molar-refractivity contribution is 5.78. The molecule has 0 bridgehead atoms. The molecule has 20 heavy (non-hydrogen) atoms. The average Bonchev–Trinajstić information content (AvgIpc) is 2.53. The van der Waals surface area contributed by atoms with Crippen LogP contribution in [0.4, 0.5) is 0 Å². The summed E-state index contributed by atoms with van der Waals surface area (Å²) in [5.41, 5.74) is 1.23. The van der Waals surface area contributed by atoms with E-state index in [0.717, 1.165) is 6.42 Å². The minimum atomic E-state index is -0.262. The highest BCUT2D eigenvalue weighted by Gasteiger charge is 2.26. The molecule has 110 valence electrons. The van der Waals surface area contributed by atoms with Crippen LogP contribution < -0.4 is 4.74 Å². The number of aliphatic hydroxyl groups excluding tert-OH is 1. The van der Waals surface area contributed by atoms with E-state index in [1.165, 1.54) is 5.56 Å². The summed E-state index contributed by atoms with van der Waals surface area (Å²) < 4.78 is 10.7. The van der Waals surface area contributed by atoms with Gasteiger partial charge in [-0.2, -0.15) is 0 Å². The standard InChI is InChI=1S/C15H21NO4/c1-2-12-3-5-14(6-4-12)20-11-15(18)16-7-8-19-10-13(16)9-17/h3-6,13,17H,2,7-11H2,1H3. The Morgan fingerprint density at radius 1 is 1.45 bits per heavy atom. The Balaban J connectivity index is 1.87. The molecule has 0 saturated carbocycles. The van der Waals surface area contributed by atoms with Crippen molar-refractivity contribution in [2.75, 3.05) is 33.0 Å². The quantitative estimate of drug-likeness (QED) is 0.868. The Morgan fingerprint density at radius 2 is 2.20 bits per heavy atom. The number of hydrogen-bond donors (Lipinski definition) is 1. The number of rotatable bonds is 5. The number of aryl methyl sites for hydroxylation is 1. The molecule has 1 aromatic carbocycles. The molecule has 1 saturated heterocycles. The predicted molar refractivity (Wildman–Crippen MR) is 74.7 cm³/mol. The first kappa shape index (κ1) is 14.8. The van der Waals surface area contributed by atoms with Gasteiger partial charge < -0.3 is 19.5 Å². The van der Waals surface area contributed by atoms with Crippen molar-refractivity contribution >= 4 is 5.91 Å². The molecular formula is C15H21NO4. The molecule has 1 unspecified atom stereocenters. The zero-order valence-corrected chi connectivity index (χ0v) is 11.7. The van der Waals surface area contributed by atoms with Gasteiger partial charge in [0.05, 0.1) is 25.9 Å². The van der Waals surface area contributed by atoms with E-state index in [-0.39, 0.29) is 25.2 Å². The Bertz CT molecular complexity index is 432. The van der Waals surface area contributed by atoms with Crippen molar-refractivity contribution < 1.29 is 19.4 Å². The number of ether oxygens (including phenoxy) is 2. The second-order valence-electron chi connectivity index (χ2n) is 4.78. The van der Waals surface area contributed by atoms with Crippen LogP contribution in [0.25, 0.3) is 0 Å². The average molecular weight is 279 g/mol. The van der Waals surface area contributed by atoms with Crippen molar-refractivity contribution in [3.05, 3.63) is 29.8 Å². The summed E-state index contributed by atoms with van der Waals surface area (Å²) in [4.78, 5) is 13.7. The fraction of sp³-hybridized carbons (Fsp3) is 0.533. The van der Waals surface area contributed by atoms with Crippen molar-refractivity contribution in [3.8, 4) is 5.75 Å². The highest BCUT2D eigenvalue weighted by atomic mass is 16.5. The monoisotopic (exact) mass is 279 g/mol. The molecule has 5 nitrogen and oxygen atoms in total. The smallest absolute Gasteiger partial charge is 0.260 e. The summed E-state index contributed by atoms with van der Waals surface area (Å²) in [5, 5.41) is 9.24. The molecule has 1 aliphatic heterocycles. The van der Waals surface area contributed by atoms with Crippen LogP contribution in [0.3, 0.4) is 0 Å². The molecule has 0 aromatic heterocycles. The maximum atomic E-state index is 12.1. The summed E-state index contributed by atoms with van der Waals surface area (Å²) in [5.74, 6) is 0.566. The number of aliphatic hydroxyl groups is 1. The summed E-state index contributed by atoms with van der Waals surface area (Å²) in [6.45, 7) is 3.38. The molecule has 1 amide bonds. The van der Waals surface area contributed by atoms with Gasteiger partial charge in [-0.25, -0.2) is 0 Å². The van der Waals surface area contributed by atoms with Gasteiger partial charge in [-0.3, -0.25) is 4.79 Å². The second-order valence-corrected chi connectivity index (χ2v) is 4.78. The van der Waals surface area contributed by atoms with Crippen LogP contribution in [0.5, 0.6) is 5.75 Å². The van der Waals surface area contributed by atoms with E-state index in [9.17, 15) is 9.90 Å². The van der Waals surface area contributed by atoms with Crippen LogP contribution in [0.15, 0.2) is 24.3 Å². The van der Waals surface area contributed by atoms with Gasteiger partial charge >= 0.3 is 0 Å². The Morgan fingerprint density at radius 3 is 2.85 bits per heavy atom. The lowest BCUT2D eigenvalue weighted by atomic mass is 10.2. The lowest BCUT2D eigenvalue weighted by Crippen LogP contribution is -2.51. The molecule has 0 aliphatic carbocycles. The molecule has 1 aliphatic rings. The Labute approximate surface area is 119 Å². The van der Waals surface area contributed by atoms with Gasteiger partial charge in [0.2, 0.25) is 0 Å². The molecule has 2 rings (SSSR count). The molecule has 5 heteroatoms. The van der Waals surface area contributed by atoms with E-state index >= 15 is 0 Å². The van der Waals surface area contributed by atoms with Crippen molar-refractivity contribution in [3.63, 3.8) is 0 Å². The van der Waals surface area contributed by atoms with Crippen LogP contribution in [0, 0.1) is 0 Å². The van der Waals surface area contributed by atoms with Crippen molar-refractivity contribution in [2.45, 2.75) is 19.4 Å². The summed E-state index contributed by atoms with van der Waals surface area (Å²) in [6.07, 6.45) is 0.977. The highest BCUT2D eigenvalue weighted by Crippen LogP contribution is 2.13. The van der Waals surface area contributed by atoms with Gasteiger partial charge in [-0.1, -0.05) is 19.1 Å². The SMILES string of the molecule is CCc1ccc(OCC(=O)N2CCOCC2CO)cc1.